The third-order valence-corrected chi connectivity index (χ3v) is 6.84. The van der Waals surface area contributed by atoms with E-state index in [1.165, 1.54) is 23.0 Å². The van der Waals surface area contributed by atoms with Crippen LogP contribution in [0.5, 0.6) is 0 Å². The summed E-state index contributed by atoms with van der Waals surface area (Å²) in [6.07, 6.45) is 5.00. The summed E-state index contributed by atoms with van der Waals surface area (Å²) in [5, 5.41) is 9.93. The minimum absolute atomic E-state index is 0.0109. The molecule has 5 rings (SSSR count). The number of anilines is 1. The second-order valence-corrected chi connectivity index (χ2v) is 9.01. The van der Waals surface area contributed by atoms with E-state index in [1.54, 1.807) is 43.7 Å². The van der Waals surface area contributed by atoms with Gasteiger partial charge in [0.1, 0.15) is 29.5 Å². The summed E-state index contributed by atoms with van der Waals surface area (Å²) >= 11 is 0. The van der Waals surface area contributed by atoms with Crippen molar-refractivity contribution in [3.05, 3.63) is 99.4 Å². The van der Waals surface area contributed by atoms with Gasteiger partial charge < -0.3 is 14.3 Å². The van der Waals surface area contributed by atoms with Gasteiger partial charge in [0, 0.05) is 50.7 Å². The molecule has 2 atom stereocenters. The summed E-state index contributed by atoms with van der Waals surface area (Å²) in [6.45, 7) is 11.1. The van der Waals surface area contributed by atoms with Crippen LogP contribution < -0.4 is 10.5 Å². The molecule has 10 heteroatoms. The SMILES string of the molecule is [C-]#[N+]c1ccc2c(n1)c(N1CCN(C(c3ccc(F)cc3)c3cncnc3)[C@H](C)C1)c(C#N)c(=O)n2C. The molecule has 0 N–H and O–H groups in total. The minimum Gasteiger partial charge on any atom is -0.364 e. The molecule has 1 saturated heterocycles. The number of rotatable bonds is 4. The van der Waals surface area contributed by atoms with Gasteiger partial charge in [0.15, 0.2) is 0 Å². The van der Waals surface area contributed by atoms with Crippen LogP contribution in [0, 0.1) is 23.7 Å². The monoisotopic (exact) mass is 494 g/mol. The van der Waals surface area contributed by atoms with E-state index in [0.29, 0.717) is 36.4 Å². The summed E-state index contributed by atoms with van der Waals surface area (Å²) in [5.74, 6) is -0.110. The summed E-state index contributed by atoms with van der Waals surface area (Å²) in [5.41, 5.74) is 2.89. The lowest BCUT2D eigenvalue weighted by atomic mass is 9.96. The molecule has 4 aromatic rings. The van der Waals surface area contributed by atoms with E-state index < -0.39 is 5.56 Å². The van der Waals surface area contributed by atoms with Crippen LogP contribution in [-0.4, -0.2) is 50.1 Å². The molecule has 37 heavy (non-hydrogen) atoms. The molecule has 0 aliphatic carbocycles. The Morgan fingerprint density at radius 3 is 2.51 bits per heavy atom. The highest BCUT2D eigenvalue weighted by molar-refractivity contribution is 5.92. The van der Waals surface area contributed by atoms with Crippen molar-refractivity contribution in [1.29, 1.82) is 5.26 Å². The van der Waals surface area contributed by atoms with Crippen molar-refractivity contribution in [3.63, 3.8) is 0 Å². The van der Waals surface area contributed by atoms with Gasteiger partial charge in [0.05, 0.1) is 11.6 Å². The van der Waals surface area contributed by atoms with Crippen molar-refractivity contribution >= 4 is 22.5 Å². The molecule has 0 amide bonds. The molecule has 1 aliphatic heterocycles. The molecule has 0 spiro atoms. The van der Waals surface area contributed by atoms with Crippen molar-refractivity contribution in [2.45, 2.75) is 19.0 Å². The maximum absolute atomic E-state index is 13.7. The Labute approximate surface area is 212 Å². The number of nitriles is 1. The molecule has 3 aromatic heterocycles. The van der Waals surface area contributed by atoms with E-state index in [9.17, 15) is 14.4 Å². The number of pyridine rings is 2. The number of benzene rings is 1. The Kier molecular flexibility index (Phi) is 6.34. The number of piperazine rings is 1. The summed E-state index contributed by atoms with van der Waals surface area (Å²) < 4.78 is 15.1. The van der Waals surface area contributed by atoms with Crippen molar-refractivity contribution < 1.29 is 4.39 Å². The second kappa shape index (κ2) is 9.76. The number of halogens is 1. The molecule has 1 unspecified atom stereocenters. The lowest BCUT2D eigenvalue weighted by Crippen LogP contribution is -2.53. The number of aromatic nitrogens is 4. The molecule has 1 aromatic carbocycles. The lowest BCUT2D eigenvalue weighted by molar-refractivity contribution is 0.149. The van der Waals surface area contributed by atoms with E-state index in [2.05, 4.69) is 37.7 Å². The van der Waals surface area contributed by atoms with Crippen molar-refractivity contribution in [2.24, 2.45) is 7.05 Å². The van der Waals surface area contributed by atoms with Gasteiger partial charge in [-0.15, -0.1) is 4.98 Å². The van der Waals surface area contributed by atoms with Gasteiger partial charge in [-0.2, -0.15) is 5.26 Å². The molecule has 4 heterocycles. The van der Waals surface area contributed by atoms with Crippen LogP contribution in [-0.2, 0) is 7.05 Å². The van der Waals surface area contributed by atoms with Gasteiger partial charge in [-0.3, -0.25) is 9.69 Å². The van der Waals surface area contributed by atoms with Gasteiger partial charge in [0.2, 0.25) is 5.52 Å². The number of hydrogen-bond donors (Lipinski definition) is 0. The normalized spacial score (nSPS) is 16.8. The first-order valence-corrected chi connectivity index (χ1v) is 11.7. The van der Waals surface area contributed by atoms with Crippen molar-refractivity contribution in [2.75, 3.05) is 24.5 Å². The highest BCUT2D eigenvalue weighted by Crippen LogP contribution is 2.35. The zero-order chi connectivity index (χ0) is 26.1. The third-order valence-electron chi connectivity index (χ3n) is 6.84. The smallest absolute Gasteiger partial charge is 0.271 e. The first-order chi connectivity index (χ1) is 17.9. The van der Waals surface area contributed by atoms with Crippen LogP contribution in [0.2, 0.25) is 0 Å². The number of fused-ring (bicyclic) bond motifs is 1. The Balaban J connectivity index is 1.56. The van der Waals surface area contributed by atoms with E-state index in [1.807, 2.05) is 4.90 Å². The molecular formula is C27H23FN8O. The summed E-state index contributed by atoms with van der Waals surface area (Å²) in [4.78, 5) is 33.7. The van der Waals surface area contributed by atoms with Gasteiger partial charge in [-0.05, 0) is 36.8 Å². The van der Waals surface area contributed by atoms with E-state index in [-0.39, 0.29) is 29.3 Å². The van der Waals surface area contributed by atoms with E-state index in [4.69, 9.17) is 6.57 Å². The van der Waals surface area contributed by atoms with E-state index in [0.717, 1.165) is 11.1 Å². The summed E-state index contributed by atoms with van der Waals surface area (Å²) in [6, 6.07) is 11.5. The first kappa shape index (κ1) is 24.0. The number of aryl methyl sites for hydroxylation is 1. The topological polar surface area (TPSA) is 95.3 Å². The third kappa shape index (κ3) is 4.28. The largest absolute Gasteiger partial charge is 0.364 e. The Bertz CT molecular complexity index is 1610. The Morgan fingerprint density at radius 2 is 1.86 bits per heavy atom. The lowest BCUT2D eigenvalue weighted by Gasteiger charge is -2.45. The van der Waals surface area contributed by atoms with Crippen LogP contribution >= 0.6 is 0 Å². The van der Waals surface area contributed by atoms with Crippen LogP contribution in [0.25, 0.3) is 15.9 Å². The number of hydrogen-bond acceptors (Lipinski definition) is 7. The molecule has 0 radical (unpaired) electrons. The van der Waals surface area contributed by atoms with E-state index >= 15 is 0 Å². The Morgan fingerprint density at radius 1 is 1.14 bits per heavy atom. The highest BCUT2D eigenvalue weighted by atomic mass is 19.1. The first-order valence-electron chi connectivity index (χ1n) is 11.7. The molecule has 0 saturated carbocycles. The van der Waals surface area contributed by atoms with Gasteiger partial charge in [-0.25, -0.2) is 14.4 Å². The maximum Gasteiger partial charge on any atom is 0.271 e. The fraction of sp³-hybridized carbons (Fsp3) is 0.259. The van der Waals surface area contributed by atoms with Crippen molar-refractivity contribution in [3.8, 4) is 6.07 Å². The van der Waals surface area contributed by atoms with Gasteiger partial charge >= 0.3 is 0 Å². The fourth-order valence-electron chi connectivity index (χ4n) is 5.08. The standard InChI is InChI=1S/C27H23FN8O/c1-17-15-35(26-21(12-29)27(37)34(3)22-8-9-23(30-2)33-24(22)26)10-11-36(17)25(19-13-31-16-32-14-19)18-4-6-20(28)7-5-18/h4-9,13-14,16-17,25H,10-11,15H2,1,3H3/t17-,25?/m1/s1. The molecule has 184 valence electrons. The van der Waals surface area contributed by atoms with Crippen LogP contribution in [0.1, 0.15) is 29.7 Å². The molecule has 1 aliphatic rings. The zero-order valence-corrected chi connectivity index (χ0v) is 20.3. The average molecular weight is 495 g/mol. The van der Waals surface area contributed by atoms with Crippen LogP contribution in [0.3, 0.4) is 0 Å². The van der Waals surface area contributed by atoms with Crippen molar-refractivity contribution in [1.82, 2.24) is 24.4 Å². The Hall–Kier alpha value is -4.67. The molecule has 1 fully saturated rings. The summed E-state index contributed by atoms with van der Waals surface area (Å²) in [7, 11) is 1.60. The zero-order valence-electron chi connectivity index (χ0n) is 20.3. The van der Waals surface area contributed by atoms with Crippen LogP contribution in [0.4, 0.5) is 15.9 Å². The minimum atomic E-state index is -0.400. The predicted molar refractivity (Wildman–Crippen MR) is 137 cm³/mol. The van der Waals surface area contributed by atoms with Gasteiger partial charge in [0.25, 0.3) is 11.4 Å². The maximum atomic E-state index is 13.7. The molecule has 9 nitrogen and oxygen atoms in total. The number of nitrogens with zero attached hydrogens (tertiary/aromatic N) is 8. The molecular weight excluding hydrogens is 471 g/mol. The molecule has 0 bridgehead atoms. The quantitative estimate of drug-likeness (QED) is 0.400. The van der Waals surface area contributed by atoms with Gasteiger partial charge in [-0.1, -0.05) is 18.7 Å². The fourth-order valence-corrected chi connectivity index (χ4v) is 5.08. The van der Waals surface area contributed by atoms with Crippen LogP contribution in [0.15, 0.2) is 59.9 Å². The highest BCUT2D eigenvalue weighted by Gasteiger charge is 2.34. The predicted octanol–water partition coefficient (Wildman–Crippen LogP) is 3.59. The second-order valence-electron chi connectivity index (χ2n) is 9.01. The average Bonchev–Trinajstić information content (AvgIpc) is 2.93.